The van der Waals surface area contributed by atoms with Crippen molar-refractivity contribution in [1.29, 1.82) is 0 Å². The quantitative estimate of drug-likeness (QED) is 0.898. The fraction of sp³-hybridized carbons (Fsp3) is 0.500. The number of anilines is 1. The van der Waals surface area contributed by atoms with E-state index in [-0.39, 0.29) is 23.3 Å². The van der Waals surface area contributed by atoms with Gasteiger partial charge in [-0.1, -0.05) is 5.16 Å². The second kappa shape index (κ2) is 6.65. The van der Waals surface area contributed by atoms with Crippen LogP contribution in [-0.2, 0) is 11.0 Å². The van der Waals surface area contributed by atoms with E-state index in [1.54, 1.807) is 4.90 Å². The molecule has 1 aliphatic heterocycles. The van der Waals surface area contributed by atoms with Crippen molar-refractivity contribution in [1.82, 2.24) is 25.0 Å². The molecule has 0 aliphatic carbocycles. The number of amides is 1. The highest BCUT2D eigenvalue weighted by molar-refractivity contribution is 5.73. The first kappa shape index (κ1) is 17.1. The molecule has 0 bridgehead atoms. The molecule has 1 saturated heterocycles. The normalized spacial score (nSPS) is 16.1. The number of halogens is 3. The number of alkyl halides is 3. The molecule has 1 N–H and O–H groups in total. The van der Waals surface area contributed by atoms with E-state index >= 15 is 0 Å². The van der Waals surface area contributed by atoms with Gasteiger partial charge in [-0.15, -0.1) is 0 Å². The smallest absolute Gasteiger partial charge is 0.351 e. The molecule has 1 amide bonds. The van der Waals surface area contributed by atoms with Crippen molar-refractivity contribution in [3.8, 4) is 11.4 Å². The third-order valence-electron chi connectivity index (χ3n) is 3.85. The number of rotatable bonds is 3. The van der Waals surface area contributed by atoms with Crippen molar-refractivity contribution in [2.24, 2.45) is 0 Å². The van der Waals surface area contributed by atoms with E-state index in [9.17, 15) is 18.0 Å². The Bertz CT molecular complexity index is 738. The van der Waals surface area contributed by atoms with Crippen LogP contribution in [0, 0.1) is 0 Å². The second-order valence-electron chi connectivity index (χ2n) is 5.64. The lowest BCUT2D eigenvalue weighted by atomic mass is 10.1. The van der Waals surface area contributed by atoms with Crippen molar-refractivity contribution in [3.63, 3.8) is 0 Å². The maximum Gasteiger partial charge on any atom is 0.471 e. The molecule has 25 heavy (non-hydrogen) atoms. The standard InChI is InChI=1S/C14H15F3N6O2/c1-8(24)23-4-2-10(3-5-23)20-13-18-6-9(7-19-13)11-21-12(25-22-11)14(15,16)17/h6-7,10H,2-5H2,1H3,(H,18,19,20). The number of likely N-dealkylation sites (tertiary alicyclic amines) is 1. The van der Waals surface area contributed by atoms with Crippen molar-refractivity contribution in [2.75, 3.05) is 18.4 Å². The Hall–Kier alpha value is -2.72. The lowest BCUT2D eigenvalue weighted by molar-refractivity contribution is -0.159. The summed E-state index contributed by atoms with van der Waals surface area (Å²) in [6.07, 6.45) is -0.507. The molecular weight excluding hydrogens is 341 g/mol. The maximum absolute atomic E-state index is 12.5. The van der Waals surface area contributed by atoms with E-state index in [4.69, 9.17) is 0 Å². The van der Waals surface area contributed by atoms with Crippen LogP contribution in [0.2, 0.25) is 0 Å². The molecule has 2 aromatic heterocycles. The average molecular weight is 356 g/mol. The first-order valence-corrected chi connectivity index (χ1v) is 7.58. The Kier molecular flexibility index (Phi) is 4.55. The Morgan fingerprint density at radius 3 is 2.44 bits per heavy atom. The Balaban J connectivity index is 1.61. The zero-order valence-corrected chi connectivity index (χ0v) is 13.2. The van der Waals surface area contributed by atoms with Crippen molar-refractivity contribution in [2.45, 2.75) is 32.0 Å². The number of nitrogens with one attached hydrogen (secondary N) is 1. The topological polar surface area (TPSA) is 97.0 Å². The third-order valence-corrected chi connectivity index (χ3v) is 3.85. The number of aromatic nitrogens is 4. The summed E-state index contributed by atoms with van der Waals surface area (Å²) in [6, 6.07) is 0.128. The van der Waals surface area contributed by atoms with E-state index in [0.29, 0.717) is 19.0 Å². The summed E-state index contributed by atoms with van der Waals surface area (Å²) in [5, 5.41) is 6.42. The molecule has 0 saturated carbocycles. The van der Waals surface area contributed by atoms with Gasteiger partial charge in [-0.2, -0.15) is 18.2 Å². The van der Waals surface area contributed by atoms with Gasteiger partial charge >= 0.3 is 12.1 Å². The number of carbonyl (C=O) groups excluding carboxylic acids is 1. The van der Waals surface area contributed by atoms with Crippen molar-refractivity contribution >= 4 is 11.9 Å². The molecule has 0 atom stereocenters. The minimum Gasteiger partial charge on any atom is -0.351 e. The summed E-state index contributed by atoms with van der Waals surface area (Å²) in [7, 11) is 0. The van der Waals surface area contributed by atoms with Crippen LogP contribution in [-0.4, -0.2) is 50.0 Å². The summed E-state index contributed by atoms with van der Waals surface area (Å²) < 4.78 is 41.5. The van der Waals surface area contributed by atoms with E-state index in [2.05, 4.69) is 29.9 Å². The summed E-state index contributed by atoms with van der Waals surface area (Å²) in [6.45, 7) is 2.86. The Labute approximate surface area is 140 Å². The first-order valence-electron chi connectivity index (χ1n) is 7.58. The number of piperidine rings is 1. The van der Waals surface area contributed by atoms with E-state index in [1.807, 2.05) is 0 Å². The van der Waals surface area contributed by atoms with Gasteiger partial charge in [0.2, 0.25) is 17.7 Å². The molecule has 8 nitrogen and oxygen atoms in total. The van der Waals surface area contributed by atoms with Crippen molar-refractivity contribution < 1.29 is 22.5 Å². The molecule has 0 aromatic carbocycles. The zero-order valence-electron chi connectivity index (χ0n) is 13.2. The van der Waals surface area contributed by atoms with Crippen LogP contribution in [0.1, 0.15) is 25.7 Å². The highest BCUT2D eigenvalue weighted by Gasteiger charge is 2.38. The lowest BCUT2D eigenvalue weighted by Gasteiger charge is -2.31. The highest BCUT2D eigenvalue weighted by Crippen LogP contribution is 2.29. The molecule has 11 heteroatoms. The molecule has 134 valence electrons. The van der Waals surface area contributed by atoms with Gasteiger partial charge in [0.15, 0.2) is 0 Å². The predicted molar refractivity (Wildman–Crippen MR) is 79.2 cm³/mol. The van der Waals surface area contributed by atoms with Crippen LogP contribution in [0.25, 0.3) is 11.4 Å². The minimum atomic E-state index is -4.69. The van der Waals surface area contributed by atoms with Gasteiger partial charge in [-0.25, -0.2) is 9.97 Å². The van der Waals surface area contributed by atoms with Crippen LogP contribution in [0.15, 0.2) is 16.9 Å². The van der Waals surface area contributed by atoms with Gasteiger partial charge in [0, 0.05) is 38.4 Å². The Morgan fingerprint density at radius 2 is 1.92 bits per heavy atom. The van der Waals surface area contributed by atoms with E-state index in [0.717, 1.165) is 12.8 Å². The first-order chi connectivity index (χ1) is 11.8. The maximum atomic E-state index is 12.5. The van der Waals surface area contributed by atoms with Gasteiger partial charge in [-0.05, 0) is 12.8 Å². The molecule has 0 radical (unpaired) electrons. The third kappa shape index (κ3) is 4.03. The summed E-state index contributed by atoms with van der Waals surface area (Å²) in [5.74, 6) is -1.24. The van der Waals surface area contributed by atoms with Gasteiger partial charge in [0.1, 0.15) is 0 Å². The zero-order chi connectivity index (χ0) is 18.0. The van der Waals surface area contributed by atoms with Crippen LogP contribution in [0.5, 0.6) is 0 Å². The van der Waals surface area contributed by atoms with E-state index in [1.165, 1.54) is 19.3 Å². The SMILES string of the molecule is CC(=O)N1CCC(Nc2ncc(-c3noc(C(F)(F)F)n3)cn2)CC1. The largest absolute Gasteiger partial charge is 0.471 e. The number of carbonyl (C=O) groups is 1. The van der Waals surface area contributed by atoms with Crippen LogP contribution in [0.3, 0.4) is 0 Å². The lowest BCUT2D eigenvalue weighted by Crippen LogP contribution is -2.41. The fourth-order valence-electron chi connectivity index (χ4n) is 2.50. The van der Waals surface area contributed by atoms with E-state index < -0.39 is 12.1 Å². The second-order valence-corrected chi connectivity index (χ2v) is 5.64. The van der Waals surface area contributed by atoms with Crippen LogP contribution in [0.4, 0.5) is 19.1 Å². The highest BCUT2D eigenvalue weighted by atomic mass is 19.4. The molecule has 1 aliphatic rings. The van der Waals surface area contributed by atoms with Gasteiger partial charge in [0.25, 0.3) is 0 Å². The molecule has 3 heterocycles. The van der Waals surface area contributed by atoms with Crippen molar-refractivity contribution in [3.05, 3.63) is 18.3 Å². The van der Waals surface area contributed by atoms with Crippen LogP contribution >= 0.6 is 0 Å². The monoisotopic (exact) mass is 356 g/mol. The van der Waals surface area contributed by atoms with Gasteiger partial charge in [0.05, 0.1) is 5.56 Å². The van der Waals surface area contributed by atoms with Gasteiger partial charge < -0.3 is 14.7 Å². The number of nitrogens with zero attached hydrogens (tertiary/aromatic N) is 5. The number of hydrogen-bond acceptors (Lipinski definition) is 7. The fourth-order valence-corrected chi connectivity index (χ4v) is 2.50. The average Bonchev–Trinajstić information content (AvgIpc) is 3.06. The summed E-state index contributed by atoms with van der Waals surface area (Å²) in [4.78, 5) is 24.5. The van der Waals surface area contributed by atoms with Crippen LogP contribution < -0.4 is 5.32 Å². The minimum absolute atomic E-state index is 0.0531. The summed E-state index contributed by atoms with van der Waals surface area (Å²) >= 11 is 0. The number of hydrogen-bond donors (Lipinski definition) is 1. The predicted octanol–water partition coefficient (Wildman–Crippen LogP) is 1.97. The Morgan fingerprint density at radius 1 is 1.28 bits per heavy atom. The molecular formula is C14H15F3N6O2. The van der Waals surface area contributed by atoms with Gasteiger partial charge in [-0.3, -0.25) is 4.79 Å². The molecule has 3 rings (SSSR count). The summed E-state index contributed by atoms with van der Waals surface area (Å²) in [5.41, 5.74) is 0.219. The molecule has 0 spiro atoms. The molecule has 1 fully saturated rings. The molecule has 2 aromatic rings. The molecule has 0 unspecified atom stereocenters.